The van der Waals surface area contributed by atoms with Gasteiger partial charge in [0.2, 0.25) is 0 Å². The number of methoxy groups -OCH3 is 1. The highest BCUT2D eigenvalue weighted by Crippen LogP contribution is 2.58. The first-order chi connectivity index (χ1) is 10.6. The lowest BCUT2D eigenvalue weighted by Crippen LogP contribution is -2.32. The molecule has 2 nitrogen and oxygen atoms in total. The maximum Gasteiger partial charge on any atom is 0.174 e. The zero-order valence-corrected chi connectivity index (χ0v) is 13.0. The fourth-order valence-corrected chi connectivity index (χ4v) is 3.92. The van der Waals surface area contributed by atoms with Crippen molar-refractivity contribution >= 4 is 17.4 Å². The molecule has 2 heteroatoms. The average molecular weight is 290 g/mol. The number of allylic oxidation sites excluding steroid dienone is 1. The van der Waals surface area contributed by atoms with Gasteiger partial charge < -0.3 is 4.74 Å². The van der Waals surface area contributed by atoms with Crippen LogP contribution in [-0.4, -0.2) is 12.9 Å². The molecule has 0 aromatic heterocycles. The predicted octanol–water partition coefficient (Wildman–Crippen LogP) is 4.56. The van der Waals surface area contributed by atoms with Gasteiger partial charge >= 0.3 is 0 Å². The van der Waals surface area contributed by atoms with Crippen molar-refractivity contribution in [3.05, 3.63) is 64.7 Å². The molecule has 2 aromatic rings. The summed E-state index contributed by atoms with van der Waals surface area (Å²) in [6.07, 6.45) is 2.19. The van der Waals surface area contributed by atoms with E-state index in [0.29, 0.717) is 0 Å². The standard InChI is InChI=1S/C20H18O2/c1-12-15-7-5-4-6-13(15)10-18-16-9-8-14(22-3)11-17(16)19(21)20(12,18)2/h4-12H,1-3H3/t12-,20-/m1/s1. The molecule has 2 aliphatic carbocycles. The summed E-state index contributed by atoms with van der Waals surface area (Å²) in [5.74, 6) is 1.10. The van der Waals surface area contributed by atoms with Crippen LogP contribution in [0.4, 0.5) is 0 Å². The molecule has 0 amide bonds. The lowest BCUT2D eigenvalue weighted by molar-refractivity contribution is 0.0868. The van der Waals surface area contributed by atoms with E-state index in [1.165, 1.54) is 11.1 Å². The number of benzene rings is 2. The molecule has 2 aliphatic rings. The molecule has 4 rings (SSSR count). The molecule has 2 aromatic carbocycles. The molecule has 0 N–H and O–H groups in total. The fraction of sp³-hybridized carbons (Fsp3) is 0.250. The summed E-state index contributed by atoms with van der Waals surface area (Å²) >= 11 is 0. The molecule has 22 heavy (non-hydrogen) atoms. The maximum atomic E-state index is 13.1. The van der Waals surface area contributed by atoms with Crippen LogP contribution in [0.5, 0.6) is 5.75 Å². The minimum absolute atomic E-state index is 0.162. The van der Waals surface area contributed by atoms with Crippen LogP contribution in [-0.2, 0) is 0 Å². The normalized spacial score (nSPS) is 25.1. The number of hydrogen-bond acceptors (Lipinski definition) is 2. The Morgan fingerprint density at radius 3 is 2.64 bits per heavy atom. The van der Waals surface area contributed by atoms with Crippen molar-refractivity contribution in [2.75, 3.05) is 7.11 Å². The van der Waals surface area contributed by atoms with E-state index in [1.807, 2.05) is 24.3 Å². The number of hydrogen-bond donors (Lipinski definition) is 0. The van der Waals surface area contributed by atoms with Crippen LogP contribution in [0.25, 0.3) is 11.6 Å². The zero-order chi connectivity index (χ0) is 15.5. The van der Waals surface area contributed by atoms with Crippen LogP contribution < -0.4 is 4.74 Å². The highest BCUT2D eigenvalue weighted by Gasteiger charge is 2.51. The summed E-state index contributed by atoms with van der Waals surface area (Å²) < 4.78 is 5.29. The van der Waals surface area contributed by atoms with Crippen LogP contribution in [0, 0.1) is 5.41 Å². The SMILES string of the molecule is COc1ccc2c(c1)C(=O)[C@@]1(C)C2=Cc2ccccc2[C@H]1C. The molecule has 0 heterocycles. The van der Waals surface area contributed by atoms with E-state index in [2.05, 4.69) is 38.1 Å². The molecular weight excluding hydrogens is 272 g/mol. The number of ether oxygens (including phenoxy) is 1. The summed E-state index contributed by atoms with van der Waals surface area (Å²) in [5, 5.41) is 0. The number of ketones is 1. The van der Waals surface area contributed by atoms with Crippen molar-refractivity contribution in [2.45, 2.75) is 19.8 Å². The largest absolute Gasteiger partial charge is 0.497 e. The topological polar surface area (TPSA) is 26.3 Å². The second kappa shape index (κ2) is 4.33. The third-order valence-corrected chi connectivity index (χ3v) is 5.42. The monoisotopic (exact) mass is 290 g/mol. The molecular formula is C20H18O2. The lowest BCUT2D eigenvalue weighted by Gasteiger charge is -2.36. The van der Waals surface area contributed by atoms with Crippen molar-refractivity contribution in [3.8, 4) is 5.75 Å². The summed E-state index contributed by atoms with van der Waals surface area (Å²) in [7, 11) is 1.63. The molecule has 0 radical (unpaired) electrons. The van der Waals surface area contributed by atoms with E-state index >= 15 is 0 Å². The van der Waals surface area contributed by atoms with Gasteiger partial charge in [0, 0.05) is 5.56 Å². The zero-order valence-electron chi connectivity index (χ0n) is 13.0. The Kier molecular flexibility index (Phi) is 2.62. The van der Waals surface area contributed by atoms with Crippen LogP contribution in [0.3, 0.4) is 0 Å². The molecule has 0 saturated carbocycles. The van der Waals surface area contributed by atoms with Crippen molar-refractivity contribution in [2.24, 2.45) is 5.41 Å². The number of Topliss-reactive ketones (excluding diaryl/α,β-unsaturated/α-hetero) is 1. The van der Waals surface area contributed by atoms with Gasteiger partial charge in [0.25, 0.3) is 0 Å². The smallest absolute Gasteiger partial charge is 0.174 e. The van der Waals surface area contributed by atoms with Crippen molar-refractivity contribution in [3.63, 3.8) is 0 Å². The third-order valence-electron chi connectivity index (χ3n) is 5.42. The van der Waals surface area contributed by atoms with E-state index < -0.39 is 5.41 Å². The maximum absolute atomic E-state index is 13.1. The molecule has 0 aliphatic heterocycles. The molecule has 0 saturated heterocycles. The Bertz CT molecular complexity index is 831. The van der Waals surface area contributed by atoms with Crippen molar-refractivity contribution in [1.29, 1.82) is 0 Å². The van der Waals surface area contributed by atoms with Gasteiger partial charge in [0.05, 0.1) is 12.5 Å². The van der Waals surface area contributed by atoms with Crippen LogP contribution in [0.15, 0.2) is 42.5 Å². The van der Waals surface area contributed by atoms with Crippen LogP contribution >= 0.6 is 0 Å². The lowest BCUT2D eigenvalue weighted by atomic mass is 9.65. The van der Waals surface area contributed by atoms with Gasteiger partial charge in [-0.15, -0.1) is 0 Å². The van der Waals surface area contributed by atoms with E-state index in [0.717, 1.165) is 22.4 Å². The van der Waals surface area contributed by atoms with Gasteiger partial charge in [0.1, 0.15) is 5.75 Å². The second-order valence-electron chi connectivity index (χ2n) is 6.35. The first-order valence-corrected chi connectivity index (χ1v) is 7.61. The van der Waals surface area contributed by atoms with Crippen molar-refractivity contribution < 1.29 is 9.53 Å². The summed E-state index contributed by atoms with van der Waals surface area (Å²) in [6.45, 7) is 4.24. The Morgan fingerprint density at radius 2 is 1.86 bits per heavy atom. The quantitative estimate of drug-likeness (QED) is 0.770. The first kappa shape index (κ1) is 13.3. The molecule has 2 atom stereocenters. The van der Waals surface area contributed by atoms with Crippen LogP contribution in [0.2, 0.25) is 0 Å². The van der Waals surface area contributed by atoms with Gasteiger partial charge in [-0.25, -0.2) is 0 Å². The van der Waals surface area contributed by atoms with Gasteiger partial charge in [-0.2, -0.15) is 0 Å². The highest BCUT2D eigenvalue weighted by atomic mass is 16.5. The minimum atomic E-state index is -0.483. The predicted molar refractivity (Wildman–Crippen MR) is 88.2 cm³/mol. The van der Waals surface area contributed by atoms with Crippen molar-refractivity contribution in [1.82, 2.24) is 0 Å². The molecule has 0 fully saturated rings. The number of rotatable bonds is 1. The Morgan fingerprint density at radius 1 is 1.09 bits per heavy atom. The van der Waals surface area contributed by atoms with Gasteiger partial charge in [-0.1, -0.05) is 37.3 Å². The number of carbonyl (C=O) groups is 1. The van der Waals surface area contributed by atoms with E-state index in [4.69, 9.17) is 4.74 Å². The minimum Gasteiger partial charge on any atom is -0.497 e. The number of fused-ring (bicyclic) bond motifs is 4. The van der Waals surface area contributed by atoms with E-state index in [-0.39, 0.29) is 11.7 Å². The van der Waals surface area contributed by atoms with E-state index in [1.54, 1.807) is 7.11 Å². The summed E-state index contributed by atoms with van der Waals surface area (Å²) in [5.41, 5.74) is 4.97. The Hall–Kier alpha value is -2.35. The molecule has 110 valence electrons. The second-order valence-corrected chi connectivity index (χ2v) is 6.35. The van der Waals surface area contributed by atoms with Crippen LogP contribution in [0.1, 0.15) is 46.8 Å². The Labute approximate surface area is 130 Å². The molecule has 0 bridgehead atoms. The summed E-state index contributed by atoms with van der Waals surface area (Å²) in [6, 6.07) is 14.2. The van der Waals surface area contributed by atoms with Gasteiger partial charge in [-0.05, 0) is 53.3 Å². The van der Waals surface area contributed by atoms with Gasteiger partial charge in [0.15, 0.2) is 5.78 Å². The average Bonchev–Trinajstić information content (AvgIpc) is 2.77. The summed E-state index contributed by atoms with van der Waals surface area (Å²) in [4.78, 5) is 13.1. The molecule has 0 unspecified atom stereocenters. The Balaban J connectivity index is 2.01. The fourth-order valence-electron chi connectivity index (χ4n) is 3.92. The van der Waals surface area contributed by atoms with Gasteiger partial charge in [-0.3, -0.25) is 4.79 Å². The first-order valence-electron chi connectivity index (χ1n) is 7.61. The highest BCUT2D eigenvalue weighted by molar-refractivity contribution is 6.20. The molecule has 0 spiro atoms. The third kappa shape index (κ3) is 1.47. The number of carbonyl (C=O) groups excluding carboxylic acids is 1. The van der Waals surface area contributed by atoms with E-state index in [9.17, 15) is 4.79 Å².